The number of hydrogen-bond donors (Lipinski definition) is 1. The highest BCUT2D eigenvalue weighted by Crippen LogP contribution is 2.41. The molecule has 31 heavy (non-hydrogen) atoms. The largest absolute Gasteiger partial charge is 0.418 e. The van der Waals surface area contributed by atoms with Gasteiger partial charge in [-0.15, -0.1) is 0 Å². The normalized spacial score (nSPS) is 15.0. The number of anilines is 1. The van der Waals surface area contributed by atoms with Crippen molar-refractivity contribution in [3.63, 3.8) is 0 Å². The molecule has 0 unspecified atom stereocenters. The molecule has 1 amide bonds. The van der Waals surface area contributed by atoms with Gasteiger partial charge in [-0.2, -0.15) is 13.2 Å². The van der Waals surface area contributed by atoms with Gasteiger partial charge in [0.2, 0.25) is 5.91 Å². The topological polar surface area (TPSA) is 78.7 Å². The molecule has 1 N–H and O–H groups in total. The van der Waals surface area contributed by atoms with Gasteiger partial charge in [0.25, 0.3) is 5.69 Å². The second-order valence-corrected chi connectivity index (χ2v) is 7.51. The third kappa shape index (κ3) is 5.86. The van der Waals surface area contributed by atoms with Gasteiger partial charge >= 0.3 is 6.18 Å². The van der Waals surface area contributed by atoms with Crippen LogP contribution < -0.4 is 10.2 Å². The highest BCUT2D eigenvalue weighted by molar-refractivity contribution is 6.31. The maximum absolute atomic E-state index is 13.0. The summed E-state index contributed by atoms with van der Waals surface area (Å²) < 4.78 is 39.1. The summed E-state index contributed by atoms with van der Waals surface area (Å²) in [6.45, 7) is 2.05. The van der Waals surface area contributed by atoms with E-state index < -0.39 is 27.4 Å². The van der Waals surface area contributed by atoms with Gasteiger partial charge in [-0.1, -0.05) is 41.9 Å². The zero-order valence-electron chi connectivity index (χ0n) is 16.4. The Morgan fingerprint density at radius 3 is 2.35 bits per heavy atom. The van der Waals surface area contributed by atoms with Crippen LogP contribution in [0.2, 0.25) is 5.02 Å². The average molecular weight is 457 g/mol. The van der Waals surface area contributed by atoms with Gasteiger partial charge in [0, 0.05) is 38.8 Å². The van der Waals surface area contributed by atoms with Crippen molar-refractivity contribution in [1.82, 2.24) is 10.2 Å². The van der Waals surface area contributed by atoms with Crippen LogP contribution in [0.15, 0.2) is 42.5 Å². The van der Waals surface area contributed by atoms with Crippen LogP contribution in [-0.2, 0) is 17.5 Å². The second-order valence-electron chi connectivity index (χ2n) is 7.10. The maximum atomic E-state index is 13.0. The molecule has 166 valence electrons. The third-order valence-electron chi connectivity index (χ3n) is 4.98. The Morgan fingerprint density at radius 2 is 1.77 bits per heavy atom. The molecule has 0 atom stereocenters. The number of nitro groups is 1. The Bertz CT molecular complexity index is 949. The van der Waals surface area contributed by atoms with Gasteiger partial charge in [-0.05, 0) is 11.6 Å². The fourth-order valence-electron chi connectivity index (χ4n) is 3.37. The molecule has 1 fully saturated rings. The summed E-state index contributed by atoms with van der Waals surface area (Å²) in [4.78, 5) is 26.2. The molecule has 0 spiro atoms. The van der Waals surface area contributed by atoms with E-state index in [1.165, 1.54) is 0 Å². The van der Waals surface area contributed by atoms with E-state index in [9.17, 15) is 28.1 Å². The number of benzene rings is 2. The highest BCUT2D eigenvalue weighted by Gasteiger charge is 2.37. The molecular weight excluding hydrogens is 437 g/mol. The number of halogens is 4. The quantitative estimate of drug-likeness (QED) is 0.529. The van der Waals surface area contributed by atoms with Crippen LogP contribution in [0.4, 0.5) is 24.5 Å². The first-order valence-corrected chi connectivity index (χ1v) is 9.86. The Kier molecular flexibility index (Phi) is 7.01. The maximum Gasteiger partial charge on any atom is 0.418 e. The molecule has 0 radical (unpaired) electrons. The fraction of sp³-hybridized carbons (Fsp3) is 0.350. The third-order valence-corrected chi connectivity index (χ3v) is 5.29. The number of nitrogens with one attached hydrogen (secondary N) is 1. The fourth-order valence-corrected chi connectivity index (χ4v) is 3.64. The molecule has 11 heteroatoms. The number of carbonyl (C=O) groups is 1. The number of carbonyl (C=O) groups excluding carboxylic acids is 1. The van der Waals surface area contributed by atoms with Crippen LogP contribution in [0.3, 0.4) is 0 Å². The Balaban J connectivity index is 1.61. The molecule has 0 bridgehead atoms. The lowest BCUT2D eigenvalue weighted by Gasteiger charge is -2.35. The molecule has 3 rings (SSSR count). The van der Waals surface area contributed by atoms with E-state index in [-0.39, 0.29) is 18.1 Å². The lowest BCUT2D eigenvalue weighted by atomic mass is 10.1. The zero-order chi connectivity index (χ0) is 22.6. The minimum atomic E-state index is -4.79. The van der Waals surface area contributed by atoms with Crippen molar-refractivity contribution in [3.8, 4) is 0 Å². The first kappa shape index (κ1) is 22.8. The summed E-state index contributed by atoms with van der Waals surface area (Å²) in [5.41, 5.74) is -0.868. The van der Waals surface area contributed by atoms with E-state index in [1.54, 1.807) is 4.90 Å². The molecule has 0 aromatic heterocycles. The van der Waals surface area contributed by atoms with Crippen molar-refractivity contribution in [1.29, 1.82) is 0 Å². The van der Waals surface area contributed by atoms with Gasteiger partial charge in [0.05, 0.1) is 22.1 Å². The first-order valence-electron chi connectivity index (χ1n) is 9.48. The van der Waals surface area contributed by atoms with Crippen molar-refractivity contribution >= 4 is 28.9 Å². The smallest absolute Gasteiger partial charge is 0.363 e. The molecule has 2 aromatic carbocycles. The van der Waals surface area contributed by atoms with Crippen LogP contribution in [0.1, 0.15) is 11.1 Å². The summed E-state index contributed by atoms with van der Waals surface area (Å²) in [6.07, 6.45) is -4.79. The number of piperazine rings is 1. The summed E-state index contributed by atoms with van der Waals surface area (Å²) in [6, 6.07) is 10.9. The summed E-state index contributed by atoms with van der Waals surface area (Å²) in [7, 11) is 0. The van der Waals surface area contributed by atoms with Crippen molar-refractivity contribution < 1.29 is 22.9 Å². The zero-order valence-corrected chi connectivity index (χ0v) is 17.1. The number of alkyl halides is 3. The lowest BCUT2D eigenvalue weighted by Crippen LogP contribution is -2.49. The van der Waals surface area contributed by atoms with Crippen molar-refractivity contribution in [2.45, 2.75) is 12.7 Å². The Morgan fingerprint density at radius 1 is 1.13 bits per heavy atom. The minimum Gasteiger partial charge on any atom is -0.363 e. The van der Waals surface area contributed by atoms with E-state index in [1.807, 2.05) is 35.2 Å². The second kappa shape index (κ2) is 9.52. The van der Waals surface area contributed by atoms with Crippen LogP contribution in [-0.4, -0.2) is 48.5 Å². The van der Waals surface area contributed by atoms with Crippen LogP contribution in [0.25, 0.3) is 0 Å². The van der Waals surface area contributed by atoms with Gasteiger partial charge in [-0.25, -0.2) is 0 Å². The van der Waals surface area contributed by atoms with E-state index >= 15 is 0 Å². The number of amides is 1. The van der Waals surface area contributed by atoms with Crippen LogP contribution in [0.5, 0.6) is 0 Å². The lowest BCUT2D eigenvalue weighted by molar-refractivity contribution is -0.384. The number of nitro benzene ring substituents is 1. The molecule has 1 heterocycles. The minimum absolute atomic E-state index is 0.0381. The average Bonchev–Trinajstić information content (AvgIpc) is 2.72. The predicted molar refractivity (Wildman–Crippen MR) is 110 cm³/mol. The predicted octanol–water partition coefficient (Wildman–Crippen LogP) is 3.71. The highest BCUT2D eigenvalue weighted by atomic mass is 35.5. The molecule has 1 saturated heterocycles. The summed E-state index contributed by atoms with van der Waals surface area (Å²) in [5, 5.41) is 13.6. The van der Waals surface area contributed by atoms with Crippen molar-refractivity contribution in [2.24, 2.45) is 0 Å². The van der Waals surface area contributed by atoms with Gasteiger partial charge in [0.1, 0.15) is 5.69 Å². The van der Waals surface area contributed by atoms with Crippen molar-refractivity contribution in [2.75, 3.05) is 37.6 Å². The van der Waals surface area contributed by atoms with E-state index in [4.69, 9.17) is 11.6 Å². The summed E-state index contributed by atoms with van der Waals surface area (Å²) >= 11 is 5.76. The SMILES string of the molecule is O=C(CN1CCN(c2cc(Cl)c(C(F)(F)F)cc2[N+](=O)[O-])CC1)NCc1ccccc1. The molecule has 2 aromatic rings. The summed E-state index contributed by atoms with van der Waals surface area (Å²) in [5.74, 6) is -0.152. The molecule has 7 nitrogen and oxygen atoms in total. The molecule has 0 saturated carbocycles. The monoisotopic (exact) mass is 456 g/mol. The molecule has 1 aliphatic heterocycles. The Hall–Kier alpha value is -2.85. The Labute approximate surface area is 181 Å². The number of nitrogens with zero attached hydrogens (tertiary/aromatic N) is 3. The van der Waals surface area contributed by atoms with Gasteiger partial charge < -0.3 is 10.2 Å². The van der Waals surface area contributed by atoms with Crippen LogP contribution >= 0.6 is 11.6 Å². The van der Waals surface area contributed by atoms with Crippen LogP contribution in [0, 0.1) is 10.1 Å². The van der Waals surface area contributed by atoms with E-state index in [0.717, 1.165) is 11.6 Å². The van der Waals surface area contributed by atoms with E-state index in [0.29, 0.717) is 38.8 Å². The number of rotatable bonds is 6. The van der Waals surface area contributed by atoms with E-state index in [2.05, 4.69) is 5.32 Å². The van der Waals surface area contributed by atoms with Crippen molar-refractivity contribution in [3.05, 3.63) is 68.7 Å². The number of hydrogen-bond acceptors (Lipinski definition) is 5. The van der Waals surface area contributed by atoms with Gasteiger partial charge in [0.15, 0.2) is 0 Å². The first-order chi connectivity index (χ1) is 14.6. The molecule has 0 aliphatic carbocycles. The molecule has 1 aliphatic rings. The molecular formula is C20H20ClF3N4O3. The standard InChI is InChI=1S/C20H20ClF3N4O3/c21-16-11-17(18(28(30)31)10-15(16)20(22,23)24)27-8-6-26(7-9-27)13-19(29)25-12-14-4-2-1-3-5-14/h1-5,10-11H,6-9,12-13H2,(H,25,29). The van der Waals surface area contributed by atoms with Gasteiger partial charge in [-0.3, -0.25) is 19.8 Å².